The Morgan fingerprint density at radius 2 is 1.76 bits per heavy atom. The Labute approximate surface area is 154 Å². The molecular formula is C17H15Cl2NO5. The van der Waals surface area contributed by atoms with Gasteiger partial charge in [0.1, 0.15) is 11.5 Å². The second-order valence-corrected chi connectivity index (χ2v) is 5.63. The predicted molar refractivity (Wildman–Crippen MR) is 94.9 cm³/mol. The van der Waals surface area contributed by atoms with Crippen LogP contribution in [0.3, 0.4) is 0 Å². The second kappa shape index (κ2) is 8.60. The third kappa shape index (κ3) is 5.01. The summed E-state index contributed by atoms with van der Waals surface area (Å²) in [5.41, 5.74) is 0.628. The fourth-order valence-electron chi connectivity index (χ4n) is 1.93. The summed E-state index contributed by atoms with van der Waals surface area (Å²) in [6.07, 6.45) is 0. The fourth-order valence-corrected chi connectivity index (χ4v) is 2.22. The van der Waals surface area contributed by atoms with Crippen molar-refractivity contribution >= 4 is 40.8 Å². The van der Waals surface area contributed by atoms with E-state index in [-0.39, 0.29) is 10.6 Å². The number of benzene rings is 2. The molecule has 0 heterocycles. The van der Waals surface area contributed by atoms with Gasteiger partial charge >= 0.3 is 5.97 Å². The van der Waals surface area contributed by atoms with E-state index in [0.29, 0.717) is 22.2 Å². The fraction of sp³-hybridized carbons (Fsp3) is 0.176. The van der Waals surface area contributed by atoms with Crippen LogP contribution < -0.4 is 14.8 Å². The van der Waals surface area contributed by atoms with E-state index in [1.165, 1.54) is 32.4 Å². The number of methoxy groups -OCH3 is 2. The predicted octanol–water partition coefficient (Wildman–Crippen LogP) is 3.81. The van der Waals surface area contributed by atoms with Gasteiger partial charge in [0.2, 0.25) is 0 Å². The van der Waals surface area contributed by atoms with Crippen molar-refractivity contribution in [3.63, 3.8) is 0 Å². The zero-order valence-electron chi connectivity index (χ0n) is 13.5. The van der Waals surface area contributed by atoms with Gasteiger partial charge < -0.3 is 19.5 Å². The molecule has 1 N–H and O–H groups in total. The van der Waals surface area contributed by atoms with E-state index in [4.69, 9.17) is 37.4 Å². The van der Waals surface area contributed by atoms with E-state index < -0.39 is 18.5 Å². The molecule has 0 bridgehead atoms. The SMILES string of the molecule is COc1ccc(NC(=O)COC(=O)c2ccc(Cl)c(Cl)c2)c(OC)c1. The Bertz CT molecular complexity index is 795. The molecule has 0 atom stereocenters. The van der Waals surface area contributed by atoms with E-state index in [1.54, 1.807) is 18.2 Å². The summed E-state index contributed by atoms with van der Waals surface area (Å²) in [5, 5.41) is 3.14. The molecule has 8 heteroatoms. The van der Waals surface area contributed by atoms with E-state index in [2.05, 4.69) is 5.32 Å². The highest BCUT2D eigenvalue weighted by molar-refractivity contribution is 6.42. The summed E-state index contributed by atoms with van der Waals surface area (Å²) >= 11 is 11.6. The van der Waals surface area contributed by atoms with Gasteiger partial charge in [-0.25, -0.2) is 4.79 Å². The van der Waals surface area contributed by atoms with Crippen molar-refractivity contribution in [3.8, 4) is 11.5 Å². The van der Waals surface area contributed by atoms with Gasteiger partial charge in [0.05, 0.1) is 35.5 Å². The number of amides is 1. The number of nitrogens with one attached hydrogen (secondary N) is 1. The molecule has 0 aromatic heterocycles. The molecule has 1 amide bonds. The van der Waals surface area contributed by atoms with Crippen LogP contribution in [0.1, 0.15) is 10.4 Å². The molecule has 0 aliphatic rings. The van der Waals surface area contributed by atoms with Crippen molar-refractivity contribution in [2.75, 3.05) is 26.1 Å². The molecule has 132 valence electrons. The first-order valence-corrected chi connectivity index (χ1v) is 7.84. The Morgan fingerprint density at radius 3 is 2.40 bits per heavy atom. The maximum Gasteiger partial charge on any atom is 0.338 e. The van der Waals surface area contributed by atoms with Gasteiger partial charge in [-0.1, -0.05) is 23.2 Å². The molecule has 6 nitrogen and oxygen atoms in total. The van der Waals surface area contributed by atoms with Crippen LogP contribution in [0.25, 0.3) is 0 Å². The monoisotopic (exact) mass is 383 g/mol. The smallest absolute Gasteiger partial charge is 0.338 e. The summed E-state index contributed by atoms with van der Waals surface area (Å²) in [6, 6.07) is 9.22. The van der Waals surface area contributed by atoms with Crippen LogP contribution in [-0.4, -0.2) is 32.7 Å². The number of rotatable bonds is 6. The Balaban J connectivity index is 1.96. The van der Waals surface area contributed by atoms with E-state index in [0.717, 1.165) is 0 Å². The average molecular weight is 384 g/mol. The van der Waals surface area contributed by atoms with Crippen LogP contribution >= 0.6 is 23.2 Å². The van der Waals surface area contributed by atoms with Gasteiger partial charge in [-0.15, -0.1) is 0 Å². The zero-order chi connectivity index (χ0) is 18.4. The van der Waals surface area contributed by atoms with Crippen LogP contribution in [0.5, 0.6) is 11.5 Å². The lowest BCUT2D eigenvalue weighted by molar-refractivity contribution is -0.119. The van der Waals surface area contributed by atoms with Crippen LogP contribution in [-0.2, 0) is 9.53 Å². The first-order chi connectivity index (χ1) is 11.9. The highest BCUT2D eigenvalue weighted by Crippen LogP contribution is 2.29. The average Bonchev–Trinajstić information content (AvgIpc) is 2.62. The van der Waals surface area contributed by atoms with Gasteiger partial charge in [-0.05, 0) is 30.3 Å². The maximum absolute atomic E-state index is 12.0. The first-order valence-electron chi connectivity index (χ1n) is 7.08. The lowest BCUT2D eigenvalue weighted by Crippen LogP contribution is -2.21. The Kier molecular flexibility index (Phi) is 6.50. The quantitative estimate of drug-likeness (QED) is 0.767. The Hall–Kier alpha value is -2.44. The van der Waals surface area contributed by atoms with Gasteiger partial charge in [0.25, 0.3) is 5.91 Å². The minimum absolute atomic E-state index is 0.198. The topological polar surface area (TPSA) is 73.9 Å². The number of halogens is 2. The van der Waals surface area contributed by atoms with Crippen molar-refractivity contribution in [1.82, 2.24) is 0 Å². The Morgan fingerprint density at radius 1 is 1.00 bits per heavy atom. The van der Waals surface area contributed by atoms with Gasteiger partial charge in [-0.3, -0.25) is 4.79 Å². The largest absolute Gasteiger partial charge is 0.497 e. The summed E-state index contributed by atoms with van der Waals surface area (Å²) in [4.78, 5) is 23.9. The number of hydrogen-bond acceptors (Lipinski definition) is 5. The number of hydrogen-bond donors (Lipinski definition) is 1. The molecule has 0 saturated heterocycles. The minimum Gasteiger partial charge on any atom is -0.497 e. The first kappa shape index (κ1) is 18.9. The highest BCUT2D eigenvalue weighted by atomic mass is 35.5. The summed E-state index contributed by atoms with van der Waals surface area (Å²) in [7, 11) is 2.99. The highest BCUT2D eigenvalue weighted by Gasteiger charge is 2.13. The summed E-state index contributed by atoms with van der Waals surface area (Å²) < 4.78 is 15.2. The zero-order valence-corrected chi connectivity index (χ0v) is 15.0. The molecule has 2 aromatic rings. The molecule has 0 fully saturated rings. The van der Waals surface area contributed by atoms with Crippen LogP contribution in [0.4, 0.5) is 5.69 Å². The molecule has 0 saturated carbocycles. The van der Waals surface area contributed by atoms with Crippen LogP contribution in [0, 0.1) is 0 Å². The van der Waals surface area contributed by atoms with Crippen molar-refractivity contribution in [2.45, 2.75) is 0 Å². The third-order valence-corrected chi connectivity index (χ3v) is 3.91. The molecule has 0 aliphatic heterocycles. The number of ether oxygens (including phenoxy) is 3. The van der Waals surface area contributed by atoms with Crippen LogP contribution in [0.2, 0.25) is 10.0 Å². The van der Waals surface area contributed by atoms with Gasteiger partial charge in [-0.2, -0.15) is 0 Å². The number of esters is 1. The molecule has 25 heavy (non-hydrogen) atoms. The van der Waals surface area contributed by atoms with Crippen molar-refractivity contribution in [2.24, 2.45) is 0 Å². The number of carbonyl (C=O) groups is 2. The van der Waals surface area contributed by atoms with E-state index >= 15 is 0 Å². The number of carbonyl (C=O) groups excluding carboxylic acids is 2. The van der Waals surface area contributed by atoms with E-state index in [9.17, 15) is 9.59 Å². The molecule has 2 rings (SSSR count). The lowest BCUT2D eigenvalue weighted by Gasteiger charge is -2.12. The van der Waals surface area contributed by atoms with Crippen molar-refractivity contribution < 1.29 is 23.8 Å². The van der Waals surface area contributed by atoms with Crippen molar-refractivity contribution in [3.05, 3.63) is 52.0 Å². The molecule has 0 aliphatic carbocycles. The molecular weight excluding hydrogens is 369 g/mol. The third-order valence-electron chi connectivity index (χ3n) is 3.17. The molecule has 0 unspecified atom stereocenters. The van der Waals surface area contributed by atoms with Gasteiger partial charge in [0.15, 0.2) is 6.61 Å². The second-order valence-electron chi connectivity index (χ2n) is 4.82. The van der Waals surface area contributed by atoms with Crippen LogP contribution in [0.15, 0.2) is 36.4 Å². The van der Waals surface area contributed by atoms with Gasteiger partial charge in [0, 0.05) is 6.07 Å². The standard InChI is InChI=1S/C17H15Cl2NO5/c1-23-11-4-6-14(15(8-11)24-2)20-16(21)9-25-17(22)10-3-5-12(18)13(19)7-10/h3-8H,9H2,1-2H3,(H,20,21). The summed E-state index contributed by atoms with van der Waals surface area (Å²) in [6.45, 7) is -0.464. The minimum atomic E-state index is -0.685. The number of anilines is 1. The molecule has 0 radical (unpaired) electrons. The molecule has 0 spiro atoms. The van der Waals surface area contributed by atoms with Crippen molar-refractivity contribution in [1.29, 1.82) is 0 Å². The lowest BCUT2D eigenvalue weighted by atomic mass is 10.2. The normalized spacial score (nSPS) is 10.1. The van der Waals surface area contributed by atoms with E-state index in [1.807, 2.05) is 0 Å². The maximum atomic E-state index is 12.0. The summed E-state index contributed by atoms with van der Waals surface area (Å²) in [5.74, 6) is -0.198. The molecule has 2 aromatic carbocycles.